The number of nitrogens with zero attached hydrogens (tertiary/aromatic N) is 1. The summed E-state index contributed by atoms with van der Waals surface area (Å²) < 4.78 is 10.7. The average molecular weight is 397 g/mol. The van der Waals surface area contributed by atoms with Crippen molar-refractivity contribution in [2.75, 3.05) is 19.0 Å². The van der Waals surface area contributed by atoms with E-state index in [4.69, 9.17) is 9.47 Å². The Morgan fingerprint density at radius 2 is 1.62 bits per heavy atom. The van der Waals surface area contributed by atoms with E-state index in [2.05, 4.69) is 22.8 Å². The predicted octanol–water partition coefficient (Wildman–Crippen LogP) is 3.74. The van der Waals surface area contributed by atoms with Crippen molar-refractivity contribution in [2.24, 2.45) is 5.10 Å². The largest absolute Gasteiger partial charge is 0.497 e. The molecule has 7 heteroatoms. The molecule has 0 fully saturated rings. The van der Waals surface area contributed by atoms with Gasteiger partial charge in [-0.05, 0) is 60.5 Å². The molecule has 0 aromatic heterocycles. The molecule has 0 aliphatic rings. The Bertz CT molecular complexity index is 802. The molecule has 2 aromatic carbocycles. The molecule has 2 N–H and O–H groups in total. The summed E-state index contributed by atoms with van der Waals surface area (Å²) in [5.74, 6) is 0.944. The number of hydrazone groups is 1. The van der Waals surface area contributed by atoms with Crippen LogP contribution in [0.4, 0.5) is 5.69 Å². The minimum absolute atomic E-state index is 0.0452. The molecular formula is C22H27N3O4. The van der Waals surface area contributed by atoms with Gasteiger partial charge in [-0.3, -0.25) is 9.59 Å². The van der Waals surface area contributed by atoms with Gasteiger partial charge in [0.1, 0.15) is 11.5 Å². The van der Waals surface area contributed by atoms with Crippen molar-refractivity contribution in [1.29, 1.82) is 0 Å². The topological polar surface area (TPSA) is 89.0 Å². The van der Waals surface area contributed by atoms with Crippen LogP contribution in [-0.2, 0) is 9.59 Å². The molecule has 0 aliphatic heterocycles. The number of rotatable bonds is 11. The lowest BCUT2D eigenvalue weighted by molar-refractivity contribution is -0.124. The van der Waals surface area contributed by atoms with Gasteiger partial charge in [-0.15, -0.1) is 0 Å². The Balaban J connectivity index is 1.68. The molecular weight excluding hydrogens is 370 g/mol. The van der Waals surface area contributed by atoms with Crippen LogP contribution in [0.15, 0.2) is 53.6 Å². The normalized spacial score (nSPS) is 10.6. The number of unbranched alkanes of at least 4 members (excludes halogenated alkanes) is 1. The van der Waals surface area contributed by atoms with Crippen LogP contribution in [0.3, 0.4) is 0 Å². The lowest BCUT2D eigenvalue weighted by Crippen LogP contribution is -2.20. The van der Waals surface area contributed by atoms with Gasteiger partial charge in [-0.1, -0.05) is 13.3 Å². The molecule has 0 atom stereocenters. The van der Waals surface area contributed by atoms with Gasteiger partial charge in [0.05, 0.1) is 19.9 Å². The first-order chi connectivity index (χ1) is 14.1. The van der Waals surface area contributed by atoms with Crippen LogP contribution in [0, 0.1) is 0 Å². The van der Waals surface area contributed by atoms with Crippen molar-refractivity contribution in [1.82, 2.24) is 5.43 Å². The summed E-state index contributed by atoms with van der Waals surface area (Å²) in [6.07, 6.45) is 3.77. The molecule has 0 saturated heterocycles. The fraction of sp³-hybridized carbons (Fsp3) is 0.318. The standard InChI is InChI=1S/C22H27N3O4/c1-3-4-15-29-20-9-5-17(6-10-20)16-23-25-22(27)14-13-21(26)24-18-7-11-19(28-2)12-8-18/h5-12,16H,3-4,13-15H2,1-2H3,(H,24,26)(H,25,27). The number of anilines is 1. The number of nitrogens with one attached hydrogen (secondary N) is 2. The fourth-order valence-corrected chi connectivity index (χ4v) is 2.34. The highest BCUT2D eigenvalue weighted by Crippen LogP contribution is 2.15. The van der Waals surface area contributed by atoms with Crippen LogP contribution in [0.25, 0.3) is 0 Å². The van der Waals surface area contributed by atoms with Crippen molar-refractivity contribution < 1.29 is 19.1 Å². The van der Waals surface area contributed by atoms with E-state index in [1.54, 1.807) is 37.6 Å². The molecule has 0 radical (unpaired) electrons. The lowest BCUT2D eigenvalue weighted by atomic mass is 10.2. The summed E-state index contributed by atoms with van der Waals surface area (Å²) in [5.41, 5.74) is 3.91. The minimum atomic E-state index is -0.328. The third-order valence-electron chi connectivity index (χ3n) is 4.00. The predicted molar refractivity (Wildman–Crippen MR) is 113 cm³/mol. The maximum absolute atomic E-state index is 11.9. The quantitative estimate of drug-likeness (QED) is 0.343. The first-order valence-electron chi connectivity index (χ1n) is 9.59. The molecule has 7 nitrogen and oxygen atoms in total. The van der Waals surface area contributed by atoms with E-state index in [9.17, 15) is 9.59 Å². The summed E-state index contributed by atoms with van der Waals surface area (Å²) in [7, 11) is 1.58. The fourth-order valence-electron chi connectivity index (χ4n) is 2.34. The highest BCUT2D eigenvalue weighted by Gasteiger charge is 2.07. The Labute approximate surface area is 171 Å². The summed E-state index contributed by atoms with van der Waals surface area (Å²) >= 11 is 0. The number of methoxy groups -OCH3 is 1. The van der Waals surface area contributed by atoms with Crippen molar-refractivity contribution in [3.8, 4) is 11.5 Å². The molecule has 2 rings (SSSR count). The van der Waals surface area contributed by atoms with Gasteiger partial charge in [-0.25, -0.2) is 5.43 Å². The summed E-state index contributed by atoms with van der Waals surface area (Å²) in [6, 6.07) is 14.4. The SMILES string of the molecule is CCCCOc1ccc(C=NNC(=O)CCC(=O)Nc2ccc(OC)cc2)cc1. The van der Waals surface area contributed by atoms with E-state index in [0.717, 1.165) is 24.2 Å². The van der Waals surface area contributed by atoms with Gasteiger partial charge in [-0.2, -0.15) is 5.10 Å². The highest BCUT2D eigenvalue weighted by molar-refractivity contribution is 5.93. The van der Waals surface area contributed by atoms with Crippen LogP contribution in [0.2, 0.25) is 0 Å². The number of hydrogen-bond donors (Lipinski definition) is 2. The van der Waals surface area contributed by atoms with E-state index < -0.39 is 0 Å². The number of carbonyl (C=O) groups is 2. The summed E-state index contributed by atoms with van der Waals surface area (Å²) in [6.45, 7) is 2.82. The van der Waals surface area contributed by atoms with E-state index in [0.29, 0.717) is 18.0 Å². The first-order valence-corrected chi connectivity index (χ1v) is 9.59. The zero-order valence-electron chi connectivity index (χ0n) is 16.8. The first kappa shape index (κ1) is 21.9. The van der Waals surface area contributed by atoms with Crippen molar-refractivity contribution in [2.45, 2.75) is 32.6 Å². The van der Waals surface area contributed by atoms with Gasteiger partial charge in [0, 0.05) is 18.5 Å². The van der Waals surface area contributed by atoms with Crippen molar-refractivity contribution in [3.63, 3.8) is 0 Å². The lowest BCUT2D eigenvalue weighted by Gasteiger charge is -2.06. The van der Waals surface area contributed by atoms with Gasteiger partial charge in [0.2, 0.25) is 11.8 Å². The second kappa shape index (κ2) is 12.2. The molecule has 0 spiro atoms. The molecule has 2 aromatic rings. The van der Waals surface area contributed by atoms with E-state index in [1.165, 1.54) is 0 Å². The summed E-state index contributed by atoms with van der Waals surface area (Å²) in [5, 5.41) is 6.65. The van der Waals surface area contributed by atoms with Crippen molar-refractivity contribution >= 4 is 23.7 Å². The number of hydrogen-bond acceptors (Lipinski definition) is 5. The third-order valence-corrected chi connectivity index (χ3v) is 4.00. The second-order valence-corrected chi connectivity index (χ2v) is 6.34. The average Bonchev–Trinajstić information content (AvgIpc) is 2.74. The van der Waals surface area contributed by atoms with E-state index in [-0.39, 0.29) is 24.7 Å². The Hall–Kier alpha value is -3.35. The molecule has 0 saturated carbocycles. The zero-order valence-corrected chi connectivity index (χ0v) is 16.8. The number of ether oxygens (including phenoxy) is 2. The maximum atomic E-state index is 11.9. The molecule has 154 valence electrons. The van der Waals surface area contributed by atoms with Gasteiger partial charge in [0.15, 0.2) is 0 Å². The number of benzene rings is 2. The molecule has 0 heterocycles. The van der Waals surface area contributed by atoms with Crippen LogP contribution >= 0.6 is 0 Å². The monoisotopic (exact) mass is 397 g/mol. The Kier molecular flexibility index (Phi) is 9.21. The van der Waals surface area contributed by atoms with Gasteiger partial charge >= 0.3 is 0 Å². The highest BCUT2D eigenvalue weighted by atomic mass is 16.5. The maximum Gasteiger partial charge on any atom is 0.240 e. The Morgan fingerprint density at radius 3 is 2.28 bits per heavy atom. The van der Waals surface area contributed by atoms with E-state index >= 15 is 0 Å². The van der Waals surface area contributed by atoms with Crippen molar-refractivity contribution in [3.05, 3.63) is 54.1 Å². The Morgan fingerprint density at radius 1 is 0.966 bits per heavy atom. The minimum Gasteiger partial charge on any atom is -0.497 e. The molecule has 0 unspecified atom stereocenters. The van der Waals surface area contributed by atoms with E-state index in [1.807, 2.05) is 24.3 Å². The third kappa shape index (κ3) is 8.47. The number of amides is 2. The van der Waals surface area contributed by atoms with Crippen LogP contribution < -0.4 is 20.2 Å². The van der Waals surface area contributed by atoms with Gasteiger partial charge < -0.3 is 14.8 Å². The molecule has 29 heavy (non-hydrogen) atoms. The zero-order chi connectivity index (χ0) is 20.9. The molecule has 0 aliphatic carbocycles. The second-order valence-electron chi connectivity index (χ2n) is 6.34. The van der Waals surface area contributed by atoms with Crippen LogP contribution in [-0.4, -0.2) is 31.7 Å². The molecule has 0 bridgehead atoms. The molecule has 2 amide bonds. The van der Waals surface area contributed by atoms with Gasteiger partial charge in [0.25, 0.3) is 0 Å². The van der Waals surface area contributed by atoms with Crippen LogP contribution in [0.5, 0.6) is 11.5 Å². The number of carbonyl (C=O) groups excluding carboxylic acids is 2. The smallest absolute Gasteiger partial charge is 0.240 e. The van der Waals surface area contributed by atoms with Crippen LogP contribution in [0.1, 0.15) is 38.2 Å². The summed E-state index contributed by atoms with van der Waals surface area (Å²) in [4.78, 5) is 23.8.